The molecule has 3 heterocycles. The van der Waals surface area contributed by atoms with Crippen molar-refractivity contribution >= 4 is 10.9 Å². The molecule has 2 aliphatic rings. The van der Waals surface area contributed by atoms with Crippen LogP contribution in [0, 0.1) is 11.8 Å². The van der Waals surface area contributed by atoms with Crippen molar-refractivity contribution in [3.63, 3.8) is 0 Å². The zero-order chi connectivity index (χ0) is 19.9. The molecule has 5 nitrogen and oxygen atoms in total. The van der Waals surface area contributed by atoms with E-state index in [0.717, 1.165) is 18.2 Å². The van der Waals surface area contributed by atoms with Gasteiger partial charge in [0.1, 0.15) is 0 Å². The van der Waals surface area contributed by atoms with Gasteiger partial charge in [0, 0.05) is 36.9 Å². The van der Waals surface area contributed by atoms with E-state index >= 15 is 0 Å². The second kappa shape index (κ2) is 7.40. The number of nitrogens with one attached hydrogen (secondary N) is 1. The van der Waals surface area contributed by atoms with Gasteiger partial charge in [-0.05, 0) is 72.4 Å². The Hall–Kier alpha value is -2.92. The van der Waals surface area contributed by atoms with Gasteiger partial charge in [-0.1, -0.05) is 35.5 Å². The molecule has 152 valence electrons. The van der Waals surface area contributed by atoms with Crippen LogP contribution in [0.1, 0.15) is 19.3 Å². The van der Waals surface area contributed by atoms with Crippen molar-refractivity contribution in [3.8, 4) is 22.4 Å². The molecule has 0 unspecified atom stereocenters. The van der Waals surface area contributed by atoms with Crippen molar-refractivity contribution in [2.75, 3.05) is 19.6 Å². The van der Waals surface area contributed by atoms with Gasteiger partial charge in [0.25, 0.3) is 0 Å². The fourth-order valence-electron chi connectivity index (χ4n) is 4.82. The van der Waals surface area contributed by atoms with Crippen LogP contribution in [0.15, 0.2) is 60.9 Å². The number of benzene rings is 2. The maximum atomic E-state index is 4.41. The van der Waals surface area contributed by atoms with Gasteiger partial charge in [0.05, 0.1) is 11.9 Å². The Kier molecular flexibility index (Phi) is 4.42. The summed E-state index contributed by atoms with van der Waals surface area (Å²) in [5.74, 6) is 1.65. The molecule has 2 aromatic carbocycles. The number of rotatable bonds is 6. The molecular weight excluding hydrogens is 370 g/mol. The summed E-state index contributed by atoms with van der Waals surface area (Å²) in [5, 5.41) is 9.87. The van der Waals surface area contributed by atoms with Gasteiger partial charge in [0.2, 0.25) is 0 Å². The van der Waals surface area contributed by atoms with Crippen LogP contribution >= 0.6 is 0 Å². The summed E-state index contributed by atoms with van der Waals surface area (Å²) in [7, 11) is 0. The average molecular weight is 398 g/mol. The van der Waals surface area contributed by atoms with Crippen LogP contribution in [0.3, 0.4) is 0 Å². The maximum absolute atomic E-state index is 4.41. The molecule has 0 bridgehead atoms. The normalized spacial score (nSPS) is 19.7. The van der Waals surface area contributed by atoms with E-state index in [1.807, 2.05) is 12.4 Å². The molecule has 1 aliphatic carbocycles. The van der Waals surface area contributed by atoms with Crippen LogP contribution in [-0.2, 0) is 6.54 Å². The highest BCUT2D eigenvalue weighted by Crippen LogP contribution is 2.32. The first kappa shape index (κ1) is 17.9. The number of likely N-dealkylation sites (tertiary alicyclic amines) is 1. The maximum Gasteiger partial charge on any atom is 0.0885 e. The molecular formula is C25H27N5. The van der Waals surface area contributed by atoms with E-state index in [-0.39, 0.29) is 0 Å². The largest absolute Gasteiger partial charge is 0.361 e. The smallest absolute Gasteiger partial charge is 0.0885 e. The first-order valence-corrected chi connectivity index (χ1v) is 11.1. The molecule has 1 saturated heterocycles. The quantitative estimate of drug-likeness (QED) is 0.507. The van der Waals surface area contributed by atoms with E-state index < -0.39 is 0 Å². The van der Waals surface area contributed by atoms with Crippen LogP contribution in [0.4, 0.5) is 0 Å². The Labute approximate surface area is 176 Å². The second-order valence-electron chi connectivity index (χ2n) is 9.02. The highest BCUT2D eigenvalue weighted by molar-refractivity contribution is 5.85. The fraction of sp³-hybridized carbons (Fsp3) is 0.360. The molecule has 0 radical (unpaired) electrons. The van der Waals surface area contributed by atoms with E-state index in [2.05, 4.69) is 73.4 Å². The van der Waals surface area contributed by atoms with Crippen molar-refractivity contribution in [3.05, 3.63) is 60.9 Å². The number of hydrogen-bond donors (Lipinski definition) is 1. The zero-order valence-electron chi connectivity index (χ0n) is 17.2. The van der Waals surface area contributed by atoms with Gasteiger partial charge >= 0.3 is 0 Å². The fourth-order valence-corrected chi connectivity index (χ4v) is 4.82. The molecule has 1 atom stereocenters. The lowest BCUT2D eigenvalue weighted by Crippen LogP contribution is -2.24. The standard InChI is InChI=1S/C25H27N5/c1-2-18(1)15-29-12-10-19(16-29)17-30-25(14-27-28-30)21-5-3-20(4-6-21)22-7-8-24-23(13-22)9-11-26-24/h3-9,11,13-14,18-19,26H,1-2,10,12,15-17H2/t19-/m1/s1. The van der Waals surface area contributed by atoms with E-state index in [4.69, 9.17) is 0 Å². The number of aromatic amines is 1. The molecule has 0 amide bonds. The number of H-pyrrole nitrogens is 1. The first-order valence-electron chi connectivity index (χ1n) is 11.1. The Morgan fingerprint density at radius 2 is 1.70 bits per heavy atom. The lowest BCUT2D eigenvalue weighted by molar-refractivity contribution is 0.301. The molecule has 5 heteroatoms. The minimum atomic E-state index is 0.677. The van der Waals surface area contributed by atoms with Gasteiger partial charge in [-0.25, -0.2) is 4.68 Å². The predicted molar refractivity (Wildman–Crippen MR) is 120 cm³/mol. The first-order chi connectivity index (χ1) is 14.8. The highest BCUT2D eigenvalue weighted by atomic mass is 15.4. The van der Waals surface area contributed by atoms with E-state index in [1.54, 1.807) is 0 Å². The summed E-state index contributed by atoms with van der Waals surface area (Å²) in [6.45, 7) is 4.71. The van der Waals surface area contributed by atoms with Crippen LogP contribution in [-0.4, -0.2) is 44.5 Å². The average Bonchev–Trinajstić information content (AvgIpc) is 3.15. The van der Waals surface area contributed by atoms with Crippen molar-refractivity contribution in [1.82, 2.24) is 24.9 Å². The molecule has 0 spiro atoms. The Morgan fingerprint density at radius 3 is 2.57 bits per heavy atom. The Bertz CT molecular complexity index is 1150. The van der Waals surface area contributed by atoms with Crippen LogP contribution in [0.5, 0.6) is 0 Å². The van der Waals surface area contributed by atoms with Crippen molar-refractivity contribution in [2.24, 2.45) is 11.8 Å². The summed E-state index contributed by atoms with van der Waals surface area (Å²) < 4.78 is 2.10. The van der Waals surface area contributed by atoms with Gasteiger partial charge in [-0.15, -0.1) is 5.10 Å². The molecule has 2 aromatic heterocycles. The van der Waals surface area contributed by atoms with E-state index in [1.165, 1.54) is 66.5 Å². The van der Waals surface area contributed by atoms with E-state index in [9.17, 15) is 0 Å². The zero-order valence-corrected chi connectivity index (χ0v) is 17.2. The SMILES string of the molecule is c1cc2cc(-c3ccc(-c4cnnn4C[C@@H]4CCN(CC5CC5)C4)cc3)ccc2[nH]1. The van der Waals surface area contributed by atoms with Crippen molar-refractivity contribution in [1.29, 1.82) is 0 Å². The summed E-state index contributed by atoms with van der Waals surface area (Å²) in [6.07, 6.45) is 8.03. The Balaban J connectivity index is 1.18. The van der Waals surface area contributed by atoms with Gasteiger partial charge < -0.3 is 9.88 Å². The third kappa shape index (κ3) is 3.54. The number of aromatic nitrogens is 4. The molecule has 2 fully saturated rings. The monoisotopic (exact) mass is 397 g/mol. The molecule has 1 N–H and O–H groups in total. The van der Waals surface area contributed by atoms with Gasteiger partial charge in [-0.3, -0.25) is 0 Å². The van der Waals surface area contributed by atoms with Gasteiger partial charge in [-0.2, -0.15) is 0 Å². The Morgan fingerprint density at radius 1 is 0.867 bits per heavy atom. The number of nitrogens with zero attached hydrogens (tertiary/aromatic N) is 4. The molecule has 4 aromatic rings. The van der Waals surface area contributed by atoms with Crippen molar-refractivity contribution < 1.29 is 0 Å². The van der Waals surface area contributed by atoms with Crippen LogP contribution < -0.4 is 0 Å². The topological polar surface area (TPSA) is 49.7 Å². The lowest BCUT2D eigenvalue weighted by atomic mass is 10.0. The minimum Gasteiger partial charge on any atom is -0.361 e. The third-order valence-electron chi connectivity index (χ3n) is 6.70. The second-order valence-corrected chi connectivity index (χ2v) is 9.02. The van der Waals surface area contributed by atoms with E-state index in [0.29, 0.717) is 5.92 Å². The third-order valence-corrected chi connectivity index (χ3v) is 6.70. The van der Waals surface area contributed by atoms with Crippen LogP contribution in [0.25, 0.3) is 33.3 Å². The van der Waals surface area contributed by atoms with Crippen molar-refractivity contribution in [2.45, 2.75) is 25.8 Å². The number of hydrogen-bond acceptors (Lipinski definition) is 3. The summed E-state index contributed by atoms with van der Waals surface area (Å²) in [5.41, 5.74) is 5.94. The summed E-state index contributed by atoms with van der Waals surface area (Å²) in [4.78, 5) is 5.90. The van der Waals surface area contributed by atoms with Crippen LogP contribution in [0.2, 0.25) is 0 Å². The summed E-state index contributed by atoms with van der Waals surface area (Å²) in [6, 6.07) is 17.5. The number of fused-ring (bicyclic) bond motifs is 1. The molecule has 1 aliphatic heterocycles. The molecule has 1 saturated carbocycles. The lowest BCUT2D eigenvalue weighted by Gasteiger charge is -2.16. The minimum absolute atomic E-state index is 0.677. The highest BCUT2D eigenvalue weighted by Gasteiger charge is 2.29. The predicted octanol–water partition coefficient (Wildman–Crippen LogP) is 4.83. The molecule has 6 rings (SSSR count). The van der Waals surface area contributed by atoms with Gasteiger partial charge in [0.15, 0.2) is 0 Å². The molecule has 30 heavy (non-hydrogen) atoms. The summed E-state index contributed by atoms with van der Waals surface area (Å²) >= 11 is 0.